The third-order valence-corrected chi connectivity index (χ3v) is 6.29. The van der Waals surface area contributed by atoms with Gasteiger partial charge in [0.2, 0.25) is 5.91 Å². The van der Waals surface area contributed by atoms with E-state index in [0.29, 0.717) is 21.9 Å². The monoisotopic (exact) mass is 421 g/mol. The Kier molecular flexibility index (Phi) is 5.78. The van der Waals surface area contributed by atoms with E-state index in [1.807, 2.05) is 79.0 Å². The molecule has 0 aliphatic rings. The minimum Gasteiger partial charge on any atom is -0.312 e. The first-order valence-electron chi connectivity index (χ1n) is 9.23. The quantitative estimate of drug-likeness (QED) is 0.337. The van der Waals surface area contributed by atoms with E-state index in [9.17, 15) is 9.59 Å². The van der Waals surface area contributed by atoms with Crippen molar-refractivity contribution in [3.05, 3.63) is 82.5 Å². The summed E-state index contributed by atoms with van der Waals surface area (Å²) in [5, 5.41) is 2.38. The SMILES string of the molecule is CCN(C(=O)CSc1nc2ccsc2c(=O)n1-c1ccccc1)c1ccccc1. The topological polar surface area (TPSA) is 55.2 Å². The molecule has 0 saturated heterocycles. The van der Waals surface area contributed by atoms with Crippen LogP contribution in [0.25, 0.3) is 15.9 Å². The maximum absolute atomic E-state index is 13.1. The summed E-state index contributed by atoms with van der Waals surface area (Å²) in [4.78, 5) is 32.4. The Balaban J connectivity index is 1.67. The van der Waals surface area contributed by atoms with Gasteiger partial charge in [0.25, 0.3) is 5.56 Å². The predicted molar refractivity (Wildman–Crippen MR) is 120 cm³/mol. The van der Waals surface area contributed by atoms with Crippen LogP contribution in [0.5, 0.6) is 0 Å². The highest BCUT2D eigenvalue weighted by Crippen LogP contribution is 2.24. The van der Waals surface area contributed by atoms with E-state index in [0.717, 1.165) is 11.4 Å². The fourth-order valence-electron chi connectivity index (χ4n) is 3.11. The maximum atomic E-state index is 13.1. The van der Waals surface area contributed by atoms with Crippen molar-refractivity contribution >= 4 is 44.9 Å². The Hall–Kier alpha value is -2.90. The lowest BCUT2D eigenvalue weighted by molar-refractivity contribution is -0.116. The number of fused-ring (bicyclic) bond motifs is 1. The molecule has 0 fully saturated rings. The fourth-order valence-corrected chi connectivity index (χ4v) is 4.76. The van der Waals surface area contributed by atoms with Gasteiger partial charge in [0.05, 0.1) is 17.0 Å². The van der Waals surface area contributed by atoms with E-state index in [2.05, 4.69) is 4.98 Å². The summed E-state index contributed by atoms with van der Waals surface area (Å²) in [6, 6.07) is 20.8. The zero-order valence-corrected chi connectivity index (χ0v) is 17.5. The van der Waals surface area contributed by atoms with Crippen LogP contribution in [0.2, 0.25) is 0 Å². The molecule has 0 spiro atoms. The van der Waals surface area contributed by atoms with E-state index in [1.54, 1.807) is 9.47 Å². The summed E-state index contributed by atoms with van der Waals surface area (Å²) in [5.74, 6) is 0.167. The van der Waals surface area contributed by atoms with Crippen LogP contribution in [0.15, 0.2) is 82.1 Å². The molecule has 0 aliphatic heterocycles. The van der Waals surface area contributed by atoms with Gasteiger partial charge in [0.1, 0.15) is 4.70 Å². The second-order valence-corrected chi connectivity index (χ2v) is 8.13. The number of anilines is 1. The van der Waals surface area contributed by atoms with Crippen LogP contribution in [-0.4, -0.2) is 27.8 Å². The van der Waals surface area contributed by atoms with Crippen LogP contribution in [0, 0.1) is 0 Å². The number of hydrogen-bond donors (Lipinski definition) is 0. The number of thioether (sulfide) groups is 1. The largest absolute Gasteiger partial charge is 0.312 e. The van der Waals surface area contributed by atoms with E-state index in [-0.39, 0.29) is 17.2 Å². The number of para-hydroxylation sites is 2. The Bertz CT molecular complexity index is 1190. The second kappa shape index (κ2) is 8.63. The molecule has 0 unspecified atom stereocenters. The molecule has 2 heterocycles. The van der Waals surface area contributed by atoms with E-state index in [4.69, 9.17) is 0 Å². The minimum atomic E-state index is -0.110. The average Bonchev–Trinajstić information content (AvgIpc) is 3.23. The van der Waals surface area contributed by atoms with Crippen molar-refractivity contribution in [2.45, 2.75) is 12.1 Å². The van der Waals surface area contributed by atoms with Gasteiger partial charge in [-0.15, -0.1) is 11.3 Å². The van der Waals surface area contributed by atoms with Gasteiger partial charge in [0, 0.05) is 12.2 Å². The standard InChI is InChI=1S/C22H19N3O2S2/c1-2-24(16-9-5-3-6-10-16)19(26)15-29-22-23-18-13-14-28-20(18)21(27)25(22)17-11-7-4-8-12-17/h3-14H,2,15H2,1H3. The van der Waals surface area contributed by atoms with Crippen molar-refractivity contribution in [3.8, 4) is 5.69 Å². The smallest absolute Gasteiger partial charge is 0.276 e. The number of nitrogens with zero attached hydrogens (tertiary/aromatic N) is 3. The Labute approximate surface area is 176 Å². The minimum absolute atomic E-state index is 0.0250. The molecule has 0 radical (unpaired) electrons. The molecule has 5 nitrogen and oxygen atoms in total. The van der Waals surface area contributed by atoms with Crippen molar-refractivity contribution in [2.24, 2.45) is 0 Å². The van der Waals surface area contributed by atoms with Crippen LogP contribution in [-0.2, 0) is 4.79 Å². The fraction of sp³-hybridized carbons (Fsp3) is 0.136. The van der Waals surface area contributed by atoms with Gasteiger partial charge in [0.15, 0.2) is 5.16 Å². The van der Waals surface area contributed by atoms with Crippen LogP contribution >= 0.6 is 23.1 Å². The molecule has 0 aliphatic carbocycles. The van der Waals surface area contributed by atoms with Crippen LogP contribution in [0.4, 0.5) is 5.69 Å². The highest BCUT2D eigenvalue weighted by molar-refractivity contribution is 7.99. The zero-order chi connectivity index (χ0) is 20.2. The lowest BCUT2D eigenvalue weighted by Crippen LogP contribution is -2.32. The molecule has 2 aromatic heterocycles. The molecule has 1 amide bonds. The first-order valence-corrected chi connectivity index (χ1v) is 11.1. The number of amides is 1. The van der Waals surface area contributed by atoms with Gasteiger partial charge in [-0.3, -0.25) is 14.2 Å². The van der Waals surface area contributed by atoms with Gasteiger partial charge in [-0.25, -0.2) is 4.98 Å². The summed E-state index contributed by atoms with van der Waals surface area (Å²) in [5.41, 5.74) is 2.16. The lowest BCUT2D eigenvalue weighted by atomic mass is 10.3. The number of carbonyl (C=O) groups is 1. The van der Waals surface area contributed by atoms with Crippen molar-refractivity contribution < 1.29 is 4.79 Å². The van der Waals surface area contributed by atoms with Crippen LogP contribution in [0.1, 0.15) is 6.92 Å². The Morgan fingerprint density at radius 2 is 1.76 bits per heavy atom. The van der Waals surface area contributed by atoms with Crippen molar-refractivity contribution in [3.63, 3.8) is 0 Å². The van der Waals surface area contributed by atoms with Crippen molar-refractivity contribution in [1.29, 1.82) is 0 Å². The molecule has 2 aromatic carbocycles. The highest BCUT2D eigenvalue weighted by atomic mass is 32.2. The summed E-state index contributed by atoms with van der Waals surface area (Å²) < 4.78 is 2.21. The first kappa shape index (κ1) is 19.4. The third-order valence-electron chi connectivity index (χ3n) is 4.47. The molecule has 0 atom stereocenters. The van der Waals surface area contributed by atoms with Crippen molar-refractivity contribution in [1.82, 2.24) is 9.55 Å². The number of thiophene rings is 1. The number of hydrogen-bond acceptors (Lipinski definition) is 5. The number of aromatic nitrogens is 2. The van der Waals surface area contributed by atoms with Gasteiger partial charge in [-0.2, -0.15) is 0 Å². The van der Waals surface area contributed by atoms with E-state index in [1.165, 1.54) is 23.1 Å². The summed E-state index contributed by atoms with van der Waals surface area (Å²) in [6.45, 7) is 2.52. The number of carbonyl (C=O) groups excluding carboxylic acids is 1. The molecule has 7 heteroatoms. The predicted octanol–water partition coefficient (Wildman–Crippen LogP) is 4.59. The summed E-state index contributed by atoms with van der Waals surface area (Å²) in [7, 11) is 0. The number of benzene rings is 2. The molecule has 29 heavy (non-hydrogen) atoms. The number of rotatable bonds is 6. The normalized spacial score (nSPS) is 10.9. The molecule has 146 valence electrons. The van der Waals surface area contributed by atoms with Gasteiger partial charge >= 0.3 is 0 Å². The Morgan fingerprint density at radius 3 is 2.45 bits per heavy atom. The first-order chi connectivity index (χ1) is 14.2. The second-order valence-electron chi connectivity index (χ2n) is 6.27. The molecule has 0 bridgehead atoms. The molecular formula is C22H19N3O2S2. The van der Waals surface area contributed by atoms with E-state index < -0.39 is 0 Å². The zero-order valence-electron chi connectivity index (χ0n) is 15.8. The van der Waals surface area contributed by atoms with Gasteiger partial charge in [-0.05, 0) is 42.6 Å². The molecule has 0 saturated carbocycles. The van der Waals surface area contributed by atoms with Crippen LogP contribution in [0.3, 0.4) is 0 Å². The van der Waals surface area contributed by atoms with E-state index >= 15 is 0 Å². The molecule has 0 N–H and O–H groups in total. The molecule has 4 aromatic rings. The lowest BCUT2D eigenvalue weighted by Gasteiger charge is -2.21. The molecular weight excluding hydrogens is 402 g/mol. The maximum Gasteiger partial charge on any atom is 0.276 e. The summed E-state index contributed by atoms with van der Waals surface area (Å²) >= 11 is 2.67. The average molecular weight is 422 g/mol. The van der Waals surface area contributed by atoms with Crippen molar-refractivity contribution in [2.75, 3.05) is 17.2 Å². The van der Waals surface area contributed by atoms with Gasteiger partial charge < -0.3 is 4.90 Å². The summed E-state index contributed by atoms with van der Waals surface area (Å²) in [6.07, 6.45) is 0. The van der Waals surface area contributed by atoms with Gasteiger partial charge in [-0.1, -0.05) is 48.2 Å². The molecule has 4 rings (SSSR count). The third kappa shape index (κ3) is 3.97. The Morgan fingerprint density at radius 1 is 1.07 bits per heavy atom. The van der Waals surface area contributed by atoms with Crippen LogP contribution < -0.4 is 10.5 Å². The highest BCUT2D eigenvalue weighted by Gasteiger charge is 2.18.